The summed E-state index contributed by atoms with van der Waals surface area (Å²) in [4.78, 5) is 16.9. The third-order valence-corrected chi connectivity index (χ3v) is 5.92. The van der Waals surface area contributed by atoms with E-state index in [0.717, 1.165) is 38.2 Å². The average molecular weight is 416 g/mol. The van der Waals surface area contributed by atoms with Gasteiger partial charge in [-0.15, -0.1) is 0 Å². The van der Waals surface area contributed by atoms with Gasteiger partial charge in [0.15, 0.2) is 0 Å². The first-order valence-electron chi connectivity index (χ1n) is 10.5. The van der Waals surface area contributed by atoms with E-state index in [9.17, 15) is 9.18 Å². The number of aromatic nitrogens is 2. The first-order valence-corrected chi connectivity index (χ1v) is 10.5. The maximum atomic E-state index is 13.0. The highest BCUT2D eigenvalue weighted by atomic mass is 19.1. The summed E-state index contributed by atoms with van der Waals surface area (Å²) < 4.78 is 26.3. The molecule has 1 amide bonds. The van der Waals surface area contributed by atoms with Gasteiger partial charge in [-0.05, 0) is 44.0 Å². The zero-order valence-corrected chi connectivity index (χ0v) is 17.6. The van der Waals surface area contributed by atoms with Crippen molar-refractivity contribution in [1.29, 1.82) is 0 Å². The van der Waals surface area contributed by atoms with Gasteiger partial charge in [-0.1, -0.05) is 0 Å². The topological polar surface area (TPSA) is 59.8 Å². The number of likely N-dealkylation sites (tertiary alicyclic amines) is 1. The van der Waals surface area contributed by atoms with Gasteiger partial charge in [0.05, 0.1) is 12.2 Å². The number of carbonyl (C=O) groups excluding carboxylic acids is 1. The largest absolute Gasteiger partial charge is 0.491 e. The zero-order chi connectivity index (χ0) is 21.1. The monoisotopic (exact) mass is 416 g/mol. The number of halogens is 1. The van der Waals surface area contributed by atoms with E-state index >= 15 is 0 Å². The van der Waals surface area contributed by atoms with Crippen LogP contribution in [0.4, 0.5) is 4.39 Å². The molecular formula is C22H29FN4O3. The number of ether oxygens (including phenoxy) is 2. The molecule has 0 aliphatic carbocycles. The molecule has 1 atom stereocenters. The standard InChI is InChI=1S/C22H29FN4O3/c1-16-17(11-25(2)24-16)12-26-9-7-19(8-10-26)27-13-21(30-15-22(27)28)14-29-20-5-3-18(23)4-6-20/h3-6,11,19,21H,7-10,12-15H2,1-2H3/t21-/m1/s1. The minimum atomic E-state index is -0.293. The fourth-order valence-electron chi connectivity index (χ4n) is 4.25. The summed E-state index contributed by atoms with van der Waals surface area (Å²) in [6, 6.07) is 6.17. The molecule has 0 radical (unpaired) electrons. The minimum absolute atomic E-state index is 0.0505. The molecule has 0 N–H and O–H groups in total. The maximum Gasteiger partial charge on any atom is 0.248 e. The van der Waals surface area contributed by atoms with Crippen molar-refractivity contribution in [3.8, 4) is 5.75 Å². The molecular weight excluding hydrogens is 387 g/mol. The number of aryl methyl sites for hydroxylation is 2. The van der Waals surface area contributed by atoms with E-state index in [1.807, 2.05) is 23.6 Å². The molecule has 2 saturated heterocycles. The molecule has 2 aromatic rings. The Balaban J connectivity index is 1.27. The van der Waals surface area contributed by atoms with Crippen LogP contribution in [0.1, 0.15) is 24.1 Å². The first kappa shape index (κ1) is 20.8. The van der Waals surface area contributed by atoms with Crippen molar-refractivity contribution in [3.63, 3.8) is 0 Å². The maximum absolute atomic E-state index is 13.0. The average Bonchev–Trinajstić information content (AvgIpc) is 3.06. The third-order valence-electron chi connectivity index (χ3n) is 5.92. The molecule has 0 unspecified atom stereocenters. The molecule has 1 aromatic heterocycles. The molecule has 0 bridgehead atoms. The Morgan fingerprint density at radius 1 is 1.23 bits per heavy atom. The fraction of sp³-hybridized carbons (Fsp3) is 0.545. The molecule has 2 aliphatic rings. The van der Waals surface area contributed by atoms with Crippen LogP contribution in [-0.4, -0.2) is 70.5 Å². The molecule has 3 heterocycles. The number of amides is 1. The Labute approximate surface area is 176 Å². The molecule has 0 spiro atoms. The zero-order valence-electron chi connectivity index (χ0n) is 17.6. The Kier molecular flexibility index (Phi) is 6.34. The number of hydrogen-bond donors (Lipinski definition) is 0. The number of benzene rings is 1. The summed E-state index contributed by atoms with van der Waals surface area (Å²) in [5.74, 6) is 0.357. The predicted molar refractivity (Wildman–Crippen MR) is 110 cm³/mol. The van der Waals surface area contributed by atoms with Gasteiger partial charge in [0.1, 0.15) is 30.9 Å². The van der Waals surface area contributed by atoms with Crippen molar-refractivity contribution in [1.82, 2.24) is 19.6 Å². The summed E-state index contributed by atoms with van der Waals surface area (Å²) in [6.45, 7) is 5.83. The molecule has 7 nitrogen and oxygen atoms in total. The summed E-state index contributed by atoms with van der Waals surface area (Å²) in [6.07, 6.45) is 3.81. The van der Waals surface area contributed by atoms with E-state index < -0.39 is 0 Å². The normalized spacial score (nSPS) is 21.2. The van der Waals surface area contributed by atoms with E-state index in [2.05, 4.69) is 16.2 Å². The van der Waals surface area contributed by atoms with E-state index in [1.54, 1.807) is 12.1 Å². The van der Waals surface area contributed by atoms with Crippen molar-refractivity contribution in [2.45, 2.75) is 38.5 Å². The van der Waals surface area contributed by atoms with Crippen LogP contribution < -0.4 is 4.74 Å². The molecule has 1 aromatic carbocycles. The second-order valence-corrected chi connectivity index (χ2v) is 8.16. The SMILES string of the molecule is Cc1nn(C)cc1CN1CCC(N2C[C@H](COc3ccc(F)cc3)OCC2=O)CC1. The number of morpholine rings is 1. The van der Waals surface area contributed by atoms with Crippen molar-refractivity contribution < 1.29 is 18.7 Å². The molecule has 0 saturated carbocycles. The molecule has 30 heavy (non-hydrogen) atoms. The molecule has 4 rings (SSSR count). The van der Waals surface area contributed by atoms with Crippen LogP contribution in [-0.2, 0) is 23.1 Å². The van der Waals surface area contributed by atoms with Crippen LogP contribution in [0, 0.1) is 12.7 Å². The Morgan fingerprint density at radius 2 is 1.97 bits per heavy atom. The summed E-state index contributed by atoms with van der Waals surface area (Å²) in [5.41, 5.74) is 2.34. The predicted octanol–water partition coefficient (Wildman–Crippen LogP) is 2.14. The molecule has 2 aliphatic heterocycles. The van der Waals surface area contributed by atoms with Gasteiger partial charge in [0.25, 0.3) is 0 Å². The summed E-state index contributed by atoms with van der Waals surface area (Å²) in [5, 5.41) is 4.42. The van der Waals surface area contributed by atoms with E-state index in [1.165, 1.54) is 17.7 Å². The van der Waals surface area contributed by atoms with E-state index in [4.69, 9.17) is 9.47 Å². The van der Waals surface area contributed by atoms with Crippen LogP contribution in [0.2, 0.25) is 0 Å². The highest BCUT2D eigenvalue weighted by Gasteiger charge is 2.34. The van der Waals surface area contributed by atoms with Crippen molar-refractivity contribution in [3.05, 3.63) is 47.5 Å². The lowest BCUT2D eigenvalue weighted by Crippen LogP contribution is -2.55. The lowest BCUT2D eigenvalue weighted by Gasteiger charge is -2.42. The van der Waals surface area contributed by atoms with Gasteiger partial charge in [0.2, 0.25) is 5.91 Å². The quantitative estimate of drug-likeness (QED) is 0.722. The number of rotatable bonds is 6. The second-order valence-electron chi connectivity index (χ2n) is 8.16. The minimum Gasteiger partial charge on any atom is -0.491 e. The van der Waals surface area contributed by atoms with Crippen LogP contribution in [0.5, 0.6) is 5.75 Å². The smallest absolute Gasteiger partial charge is 0.248 e. The molecule has 162 valence electrons. The fourth-order valence-corrected chi connectivity index (χ4v) is 4.25. The Hall–Kier alpha value is -2.45. The third kappa shape index (κ3) is 4.99. The van der Waals surface area contributed by atoms with Gasteiger partial charge in [-0.2, -0.15) is 5.10 Å². The van der Waals surface area contributed by atoms with Crippen molar-refractivity contribution in [2.75, 3.05) is 32.8 Å². The Morgan fingerprint density at radius 3 is 2.63 bits per heavy atom. The highest BCUT2D eigenvalue weighted by molar-refractivity contribution is 5.78. The van der Waals surface area contributed by atoms with Crippen LogP contribution in [0.15, 0.2) is 30.5 Å². The highest BCUT2D eigenvalue weighted by Crippen LogP contribution is 2.22. The van der Waals surface area contributed by atoms with Crippen LogP contribution >= 0.6 is 0 Å². The number of nitrogens with zero attached hydrogens (tertiary/aromatic N) is 4. The number of piperidine rings is 1. The lowest BCUT2D eigenvalue weighted by molar-refractivity contribution is -0.155. The molecule has 2 fully saturated rings. The summed E-state index contributed by atoms with van der Waals surface area (Å²) >= 11 is 0. The van der Waals surface area contributed by atoms with Gasteiger partial charge >= 0.3 is 0 Å². The van der Waals surface area contributed by atoms with Gasteiger partial charge in [-0.3, -0.25) is 14.4 Å². The second kappa shape index (κ2) is 9.14. The van der Waals surface area contributed by atoms with Crippen LogP contribution in [0.3, 0.4) is 0 Å². The van der Waals surface area contributed by atoms with E-state index in [-0.39, 0.29) is 30.5 Å². The number of hydrogen-bond acceptors (Lipinski definition) is 5. The first-order chi connectivity index (χ1) is 14.5. The summed E-state index contributed by atoms with van der Waals surface area (Å²) in [7, 11) is 1.95. The van der Waals surface area contributed by atoms with E-state index in [0.29, 0.717) is 18.9 Å². The van der Waals surface area contributed by atoms with Crippen LogP contribution in [0.25, 0.3) is 0 Å². The number of carbonyl (C=O) groups is 1. The lowest BCUT2D eigenvalue weighted by atomic mass is 10.0. The van der Waals surface area contributed by atoms with Crippen molar-refractivity contribution in [2.24, 2.45) is 7.05 Å². The van der Waals surface area contributed by atoms with Crippen molar-refractivity contribution >= 4 is 5.91 Å². The van der Waals surface area contributed by atoms with Gasteiger partial charge in [-0.25, -0.2) is 4.39 Å². The Bertz CT molecular complexity index is 862. The van der Waals surface area contributed by atoms with Gasteiger partial charge < -0.3 is 14.4 Å². The van der Waals surface area contributed by atoms with Gasteiger partial charge in [0, 0.05) is 44.5 Å². The molecule has 8 heteroatoms.